The number of ether oxygens (including phenoxy) is 1. The molecule has 0 bridgehead atoms. The van der Waals surface area contributed by atoms with E-state index in [4.69, 9.17) is 4.74 Å². The quantitative estimate of drug-likeness (QED) is 0.626. The number of amides is 1. The van der Waals surface area contributed by atoms with Gasteiger partial charge in [-0.25, -0.2) is 4.79 Å². The first-order valence-corrected chi connectivity index (χ1v) is 6.51. The maximum absolute atomic E-state index is 12.0. The molecule has 1 aromatic carbocycles. The molecule has 5 nitrogen and oxygen atoms in total. The van der Waals surface area contributed by atoms with Gasteiger partial charge < -0.3 is 14.5 Å². The number of hydrogen-bond acceptors (Lipinski definition) is 4. The Kier molecular flexibility index (Phi) is 5.17. The average molecular weight is 274 g/mol. The number of hydrogen-bond donors (Lipinski definition) is 0. The van der Waals surface area contributed by atoms with Crippen LogP contribution in [-0.4, -0.2) is 37.4 Å². The molecule has 0 spiro atoms. The second kappa shape index (κ2) is 7.33. The summed E-state index contributed by atoms with van der Waals surface area (Å²) in [5.74, 6) is 0. The molecular weight excluding hydrogens is 256 g/mol. The fraction of sp³-hybridized carbons (Fsp3) is 0.333. The van der Waals surface area contributed by atoms with Crippen LogP contribution in [0.5, 0.6) is 0 Å². The summed E-state index contributed by atoms with van der Waals surface area (Å²) in [6.45, 7) is 1.46. The Hall–Kier alpha value is -2.30. The van der Waals surface area contributed by atoms with Crippen LogP contribution in [-0.2, 0) is 16.2 Å². The summed E-state index contributed by atoms with van der Waals surface area (Å²) in [6.07, 6.45) is 4.16. The summed E-state index contributed by atoms with van der Waals surface area (Å²) in [5.41, 5.74) is 1.93. The maximum Gasteiger partial charge on any atom is 0.410 e. The van der Waals surface area contributed by atoms with Gasteiger partial charge in [-0.2, -0.15) is 0 Å². The first-order chi connectivity index (χ1) is 9.79. The second-order valence-electron chi connectivity index (χ2n) is 4.45. The van der Waals surface area contributed by atoms with Crippen LogP contribution in [0.2, 0.25) is 0 Å². The van der Waals surface area contributed by atoms with E-state index in [2.05, 4.69) is 9.99 Å². The molecule has 1 amide bonds. The summed E-state index contributed by atoms with van der Waals surface area (Å²) in [7, 11) is 1.49. The fourth-order valence-electron chi connectivity index (χ4n) is 1.95. The normalized spacial score (nSPS) is 15.1. The molecule has 0 saturated heterocycles. The molecule has 0 N–H and O–H groups in total. The lowest BCUT2D eigenvalue weighted by Gasteiger charge is -2.25. The van der Waals surface area contributed by atoms with E-state index in [9.17, 15) is 4.79 Å². The molecule has 0 aliphatic carbocycles. The van der Waals surface area contributed by atoms with Crippen LogP contribution in [0.3, 0.4) is 0 Å². The van der Waals surface area contributed by atoms with E-state index in [0.717, 1.165) is 17.6 Å². The molecule has 20 heavy (non-hydrogen) atoms. The minimum atomic E-state index is -0.301. The third-order valence-corrected chi connectivity index (χ3v) is 2.97. The van der Waals surface area contributed by atoms with Gasteiger partial charge in [-0.1, -0.05) is 41.6 Å². The van der Waals surface area contributed by atoms with Gasteiger partial charge in [0.25, 0.3) is 0 Å². The average Bonchev–Trinajstić information content (AvgIpc) is 2.52. The Bertz CT molecular complexity index is 497. The van der Waals surface area contributed by atoms with E-state index in [0.29, 0.717) is 19.7 Å². The van der Waals surface area contributed by atoms with Crippen LogP contribution in [0.4, 0.5) is 4.79 Å². The molecular formula is C15H18N2O3. The van der Waals surface area contributed by atoms with Gasteiger partial charge in [0.15, 0.2) is 0 Å². The molecule has 1 aromatic rings. The predicted octanol–water partition coefficient (Wildman–Crippen LogP) is 2.59. The van der Waals surface area contributed by atoms with E-state index >= 15 is 0 Å². The topological polar surface area (TPSA) is 51.1 Å². The van der Waals surface area contributed by atoms with Crippen molar-refractivity contribution in [2.75, 3.05) is 20.2 Å². The molecule has 0 aromatic heterocycles. The van der Waals surface area contributed by atoms with Gasteiger partial charge >= 0.3 is 6.09 Å². The molecule has 106 valence electrons. The van der Waals surface area contributed by atoms with Gasteiger partial charge in [-0.3, -0.25) is 0 Å². The monoisotopic (exact) mass is 274 g/mol. The Labute approximate surface area is 118 Å². The minimum Gasteiger partial charge on any atom is -0.445 e. The number of rotatable bonds is 4. The standard InChI is InChI=1S/C15H18N2O3/c1-19-16-10-14-8-5-9-17(11-14)15(18)20-12-13-6-3-2-4-7-13/h2-4,6-8,10H,5,9,11-12H2,1H3/b16-10-. The molecule has 5 heteroatoms. The van der Waals surface area contributed by atoms with E-state index in [1.54, 1.807) is 11.1 Å². The van der Waals surface area contributed by atoms with Gasteiger partial charge in [0, 0.05) is 6.54 Å². The highest BCUT2D eigenvalue weighted by molar-refractivity contribution is 5.80. The van der Waals surface area contributed by atoms with Crippen molar-refractivity contribution in [2.24, 2.45) is 5.16 Å². The number of carbonyl (C=O) groups is 1. The Morgan fingerprint density at radius 2 is 2.20 bits per heavy atom. The van der Waals surface area contributed by atoms with Gasteiger partial charge in [0.1, 0.15) is 13.7 Å². The van der Waals surface area contributed by atoms with Crippen molar-refractivity contribution in [3.63, 3.8) is 0 Å². The summed E-state index contributed by atoms with van der Waals surface area (Å²) >= 11 is 0. The Morgan fingerprint density at radius 3 is 2.95 bits per heavy atom. The molecule has 1 heterocycles. The lowest BCUT2D eigenvalue weighted by molar-refractivity contribution is 0.0989. The van der Waals surface area contributed by atoms with Gasteiger partial charge in [0.2, 0.25) is 0 Å². The van der Waals surface area contributed by atoms with Crippen LogP contribution in [0.1, 0.15) is 12.0 Å². The molecule has 0 radical (unpaired) electrons. The predicted molar refractivity (Wildman–Crippen MR) is 76.4 cm³/mol. The minimum absolute atomic E-state index is 0.293. The van der Waals surface area contributed by atoms with Crippen LogP contribution < -0.4 is 0 Å². The number of benzene rings is 1. The zero-order chi connectivity index (χ0) is 14.2. The molecule has 0 saturated carbocycles. The third kappa shape index (κ3) is 4.12. The molecule has 0 fully saturated rings. The third-order valence-electron chi connectivity index (χ3n) is 2.97. The van der Waals surface area contributed by atoms with E-state index in [1.165, 1.54) is 7.11 Å². The molecule has 0 unspecified atom stereocenters. The highest BCUT2D eigenvalue weighted by Gasteiger charge is 2.18. The SMILES string of the molecule is CO/N=C\C1=CCCN(C(=O)OCc2ccccc2)C1. The molecule has 0 atom stereocenters. The van der Waals surface area contributed by atoms with E-state index < -0.39 is 0 Å². The number of oxime groups is 1. The maximum atomic E-state index is 12.0. The Morgan fingerprint density at radius 1 is 1.40 bits per heavy atom. The second-order valence-corrected chi connectivity index (χ2v) is 4.45. The molecule has 1 aliphatic rings. The van der Waals surface area contributed by atoms with Crippen LogP contribution in [0, 0.1) is 0 Å². The van der Waals surface area contributed by atoms with E-state index in [1.807, 2.05) is 36.4 Å². The lowest BCUT2D eigenvalue weighted by Crippen LogP contribution is -2.36. The summed E-state index contributed by atoms with van der Waals surface area (Å²) in [6, 6.07) is 9.64. The molecule has 1 aliphatic heterocycles. The van der Waals surface area contributed by atoms with Crippen molar-refractivity contribution < 1.29 is 14.4 Å². The number of carbonyl (C=O) groups excluding carboxylic acids is 1. The lowest BCUT2D eigenvalue weighted by atomic mass is 10.1. The number of nitrogens with zero attached hydrogens (tertiary/aromatic N) is 2. The zero-order valence-corrected chi connectivity index (χ0v) is 11.5. The van der Waals surface area contributed by atoms with Crippen molar-refractivity contribution in [1.82, 2.24) is 4.90 Å². The van der Waals surface area contributed by atoms with Crippen LogP contribution in [0.15, 0.2) is 47.1 Å². The van der Waals surface area contributed by atoms with Crippen molar-refractivity contribution >= 4 is 12.3 Å². The van der Waals surface area contributed by atoms with Crippen molar-refractivity contribution in [1.29, 1.82) is 0 Å². The van der Waals surface area contributed by atoms with E-state index in [-0.39, 0.29) is 6.09 Å². The van der Waals surface area contributed by atoms with Crippen LogP contribution in [0.25, 0.3) is 0 Å². The van der Waals surface area contributed by atoms with Gasteiger partial charge in [0.05, 0.1) is 12.8 Å². The fourth-order valence-corrected chi connectivity index (χ4v) is 1.95. The van der Waals surface area contributed by atoms with Gasteiger partial charge in [-0.05, 0) is 17.6 Å². The van der Waals surface area contributed by atoms with Gasteiger partial charge in [-0.15, -0.1) is 0 Å². The highest BCUT2D eigenvalue weighted by atomic mass is 16.6. The zero-order valence-electron chi connectivity index (χ0n) is 11.5. The first kappa shape index (κ1) is 14.1. The Balaban J connectivity index is 1.84. The summed E-state index contributed by atoms with van der Waals surface area (Å²) in [5, 5.41) is 3.71. The van der Waals surface area contributed by atoms with Crippen molar-refractivity contribution in [2.45, 2.75) is 13.0 Å². The highest BCUT2D eigenvalue weighted by Crippen LogP contribution is 2.11. The van der Waals surface area contributed by atoms with Crippen LogP contribution >= 0.6 is 0 Å². The van der Waals surface area contributed by atoms with Crippen molar-refractivity contribution in [3.05, 3.63) is 47.5 Å². The summed E-state index contributed by atoms with van der Waals surface area (Å²) < 4.78 is 5.30. The van der Waals surface area contributed by atoms with Crippen molar-refractivity contribution in [3.8, 4) is 0 Å². The molecule has 2 rings (SSSR count). The first-order valence-electron chi connectivity index (χ1n) is 6.51. The summed E-state index contributed by atoms with van der Waals surface area (Å²) in [4.78, 5) is 18.3. The smallest absolute Gasteiger partial charge is 0.410 e. The largest absolute Gasteiger partial charge is 0.445 e.